The highest BCUT2D eigenvalue weighted by atomic mass is 16.2. The summed E-state index contributed by atoms with van der Waals surface area (Å²) >= 11 is 0. The molecule has 0 aromatic carbocycles. The summed E-state index contributed by atoms with van der Waals surface area (Å²) in [5, 5.41) is 8.67. The number of rotatable bonds is 6. The predicted molar refractivity (Wildman–Crippen MR) is 54.2 cm³/mol. The summed E-state index contributed by atoms with van der Waals surface area (Å²) in [5.41, 5.74) is 0.481. The quantitative estimate of drug-likeness (QED) is 0.652. The van der Waals surface area contributed by atoms with Crippen molar-refractivity contribution in [2.75, 3.05) is 6.61 Å². The summed E-state index contributed by atoms with van der Waals surface area (Å²) in [6.45, 7) is 9.52. The maximum atomic E-state index is 8.67. The molecule has 0 aliphatic heterocycles. The molecule has 1 atom stereocenters. The molecule has 1 N–H and O–H groups in total. The van der Waals surface area contributed by atoms with Crippen LogP contribution in [0.15, 0.2) is 0 Å². The van der Waals surface area contributed by atoms with E-state index < -0.39 is 0 Å². The van der Waals surface area contributed by atoms with Gasteiger partial charge in [0.2, 0.25) is 0 Å². The summed E-state index contributed by atoms with van der Waals surface area (Å²) < 4.78 is 0. The van der Waals surface area contributed by atoms with Crippen molar-refractivity contribution >= 4 is 0 Å². The monoisotopic (exact) mass is 172 g/mol. The van der Waals surface area contributed by atoms with Gasteiger partial charge in [0.05, 0.1) is 0 Å². The molecule has 0 aromatic heterocycles. The van der Waals surface area contributed by atoms with Crippen molar-refractivity contribution in [3.63, 3.8) is 0 Å². The van der Waals surface area contributed by atoms with Crippen molar-refractivity contribution in [3.05, 3.63) is 0 Å². The molecule has 0 radical (unpaired) electrons. The fourth-order valence-corrected chi connectivity index (χ4v) is 1.63. The van der Waals surface area contributed by atoms with E-state index in [9.17, 15) is 0 Å². The van der Waals surface area contributed by atoms with Gasteiger partial charge >= 0.3 is 0 Å². The molecule has 1 nitrogen and oxygen atoms in total. The third-order valence-corrected chi connectivity index (χ3v) is 2.71. The third kappa shape index (κ3) is 5.59. The zero-order valence-corrected chi connectivity index (χ0v) is 9.06. The highest BCUT2D eigenvalue weighted by Crippen LogP contribution is 2.30. The van der Waals surface area contributed by atoms with Gasteiger partial charge in [0, 0.05) is 6.61 Å². The van der Waals surface area contributed by atoms with Gasteiger partial charge in [0.1, 0.15) is 0 Å². The Morgan fingerprint density at radius 3 is 2.33 bits per heavy atom. The van der Waals surface area contributed by atoms with Gasteiger partial charge in [-0.25, -0.2) is 0 Å². The Labute approximate surface area is 77.2 Å². The molecule has 1 heteroatoms. The zero-order chi connectivity index (χ0) is 9.61. The first-order valence-corrected chi connectivity index (χ1v) is 5.12. The van der Waals surface area contributed by atoms with E-state index in [1.165, 1.54) is 19.3 Å². The van der Waals surface area contributed by atoms with Crippen molar-refractivity contribution in [2.45, 2.75) is 53.4 Å². The van der Waals surface area contributed by atoms with Gasteiger partial charge in [-0.1, -0.05) is 34.1 Å². The number of hydrogen-bond donors (Lipinski definition) is 1. The summed E-state index contributed by atoms with van der Waals surface area (Å²) in [6.07, 6.45) is 4.65. The van der Waals surface area contributed by atoms with Crippen LogP contribution in [0.4, 0.5) is 0 Å². The van der Waals surface area contributed by atoms with Crippen molar-refractivity contribution in [3.8, 4) is 0 Å². The first-order valence-electron chi connectivity index (χ1n) is 5.12. The largest absolute Gasteiger partial charge is 0.396 e. The van der Waals surface area contributed by atoms with Crippen LogP contribution in [-0.2, 0) is 0 Å². The molecule has 0 amide bonds. The first kappa shape index (κ1) is 12.0. The van der Waals surface area contributed by atoms with Crippen molar-refractivity contribution in [1.82, 2.24) is 0 Å². The summed E-state index contributed by atoms with van der Waals surface area (Å²) in [5.74, 6) is 0.757. The topological polar surface area (TPSA) is 20.2 Å². The molecule has 0 rings (SSSR count). The molecule has 0 aromatic rings. The Morgan fingerprint density at radius 1 is 1.33 bits per heavy atom. The van der Waals surface area contributed by atoms with Gasteiger partial charge < -0.3 is 5.11 Å². The standard InChI is InChI=1S/C11H24O/c1-5-11(3,4)9-10(2)7-6-8-12/h10,12H,5-9H2,1-4H3. The SMILES string of the molecule is CCC(C)(C)CC(C)CCCO. The Hall–Kier alpha value is -0.0400. The van der Waals surface area contributed by atoms with Crippen molar-refractivity contribution in [1.29, 1.82) is 0 Å². The van der Waals surface area contributed by atoms with Gasteiger partial charge in [-0.3, -0.25) is 0 Å². The van der Waals surface area contributed by atoms with E-state index in [-0.39, 0.29) is 0 Å². The average Bonchev–Trinajstić information content (AvgIpc) is 2.00. The van der Waals surface area contributed by atoms with Crippen LogP contribution in [0.2, 0.25) is 0 Å². The zero-order valence-electron chi connectivity index (χ0n) is 9.06. The lowest BCUT2D eigenvalue weighted by Crippen LogP contribution is -2.14. The molecule has 0 heterocycles. The summed E-state index contributed by atoms with van der Waals surface area (Å²) in [4.78, 5) is 0. The molecule has 0 fully saturated rings. The van der Waals surface area contributed by atoms with E-state index in [1.807, 2.05) is 0 Å². The Morgan fingerprint density at radius 2 is 1.92 bits per heavy atom. The third-order valence-electron chi connectivity index (χ3n) is 2.71. The minimum atomic E-state index is 0.344. The van der Waals surface area contributed by atoms with Crippen LogP contribution in [0.5, 0.6) is 0 Å². The molecule has 0 bridgehead atoms. The second-order valence-corrected chi connectivity index (χ2v) is 4.69. The molecular weight excluding hydrogens is 148 g/mol. The Balaban J connectivity index is 3.60. The number of aliphatic hydroxyl groups excluding tert-OH is 1. The number of aliphatic hydroxyl groups is 1. The minimum Gasteiger partial charge on any atom is -0.396 e. The normalized spacial score (nSPS) is 14.8. The predicted octanol–water partition coefficient (Wildman–Crippen LogP) is 3.22. The summed E-state index contributed by atoms with van der Waals surface area (Å²) in [6, 6.07) is 0. The van der Waals surface area contributed by atoms with E-state index in [2.05, 4.69) is 27.7 Å². The second-order valence-electron chi connectivity index (χ2n) is 4.69. The molecule has 12 heavy (non-hydrogen) atoms. The van der Waals surface area contributed by atoms with Crippen LogP contribution in [0.1, 0.15) is 53.4 Å². The second kappa shape index (κ2) is 5.58. The van der Waals surface area contributed by atoms with E-state index in [1.54, 1.807) is 0 Å². The molecule has 0 aliphatic carbocycles. The van der Waals surface area contributed by atoms with E-state index in [0.29, 0.717) is 12.0 Å². The highest BCUT2D eigenvalue weighted by molar-refractivity contribution is 4.69. The molecule has 0 spiro atoms. The first-order chi connectivity index (χ1) is 5.52. The summed E-state index contributed by atoms with van der Waals surface area (Å²) in [7, 11) is 0. The van der Waals surface area contributed by atoms with Crippen LogP contribution in [0, 0.1) is 11.3 Å². The lowest BCUT2D eigenvalue weighted by atomic mass is 9.80. The van der Waals surface area contributed by atoms with E-state index in [4.69, 9.17) is 5.11 Å². The molecular formula is C11H24O. The van der Waals surface area contributed by atoms with Crippen LogP contribution < -0.4 is 0 Å². The fourth-order valence-electron chi connectivity index (χ4n) is 1.63. The van der Waals surface area contributed by atoms with E-state index >= 15 is 0 Å². The highest BCUT2D eigenvalue weighted by Gasteiger charge is 2.18. The maximum absolute atomic E-state index is 8.67. The maximum Gasteiger partial charge on any atom is 0.0431 e. The van der Waals surface area contributed by atoms with Crippen molar-refractivity contribution in [2.24, 2.45) is 11.3 Å². The minimum absolute atomic E-state index is 0.344. The smallest absolute Gasteiger partial charge is 0.0431 e. The van der Waals surface area contributed by atoms with Crippen molar-refractivity contribution < 1.29 is 5.11 Å². The molecule has 0 saturated carbocycles. The van der Waals surface area contributed by atoms with Gasteiger partial charge in [-0.15, -0.1) is 0 Å². The van der Waals surface area contributed by atoms with Crippen LogP contribution >= 0.6 is 0 Å². The van der Waals surface area contributed by atoms with Gasteiger partial charge in [0.25, 0.3) is 0 Å². The van der Waals surface area contributed by atoms with Gasteiger partial charge in [-0.2, -0.15) is 0 Å². The lowest BCUT2D eigenvalue weighted by molar-refractivity contribution is 0.232. The van der Waals surface area contributed by atoms with Gasteiger partial charge in [0.15, 0.2) is 0 Å². The van der Waals surface area contributed by atoms with Crippen LogP contribution in [0.25, 0.3) is 0 Å². The van der Waals surface area contributed by atoms with Crippen LogP contribution in [-0.4, -0.2) is 11.7 Å². The average molecular weight is 172 g/mol. The van der Waals surface area contributed by atoms with Gasteiger partial charge in [-0.05, 0) is 30.6 Å². The Kier molecular flexibility index (Phi) is 5.56. The fraction of sp³-hybridized carbons (Fsp3) is 1.00. The molecule has 0 aliphatic rings. The Bertz CT molecular complexity index is 108. The number of hydrogen-bond acceptors (Lipinski definition) is 1. The molecule has 1 unspecified atom stereocenters. The van der Waals surface area contributed by atoms with E-state index in [0.717, 1.165) is 12.3 Å². The van der Waals surface area contributed by atoms with Crippen LogP contribution in [0.3, 0.4) is 0 Å². The molecule has 74 valence electrons. The lowest BCUT2D eigenvalue weighted by Gasteiger charge is -2.26. The molecule has 0 saturated heterocycles.